The van der Waals surface area contributed by atoms with Gasteiger partial charge in [0.05, 0.1) is 18.3 Å². The Morgan fingerprint density at radius 2 is 1.93 bits per heavy atom. The molecular formula is C16H14BrF4N5O. The van der Waals surface area contributed by atoms with Gasteiger partial charge in [0.25, 0.3) is 0 Å². The molecule has 0 aliphatic carbocycles. The van der Waals surface area contributed by atoms with Crippen LogP contribution in [0.4, 0.5) is 17.6 Å². The molecule has 0 radical (unpaired) electrons. The molecule has 1 atom stereocenters. The van der Waals surface area contributed by atoms with Crippen molar-refractivity contribution in [3.8, 4) is 11.4 Å². The summed E-state index contributed by atoms with van der Waals surface area (Å²) in [4.78, 5) is 8.17. The van der Waals surface area contributed by atoms with Crippen molar-refractivity contribution in [1.29, 1.82) is 0 Å². The van der Waals surface area contributed by atoms with Crippen molar-refractivity contribution in [2.75, 3.05) is 6.61 Å². The van der Waals surface area contributed by atoms with Crippen molar-refractivity contribution in [2.24, 2.45) is 0 Å². The highest BCUT2D eigenvalue weighted by molar-refractivity contribution is 9.10. The van der Waals surface area contributed by atoms with Crippen molar-refractivity contribution < 1.29 is 22.3 Å². The number of rotatable bonds is 8. The molecule has 0 aliphatic heterocycles. The summed E-state index contributed by atoms with van der Waals surface area (Å²) >= 11 is 3.29. The zero-order valence-corrected chi connectivity index (χ0v) is 15.3. The molecule has 144 valence electrons. The Morgan fingerprint density at radius 1 is 1.11 bits per heavy atom. The topological polar surface area (TPSA) is 57.8 Å². The van der Waals surface area contributed by atoms with Gasteiger partial charge < -0.3 is 9.30 Å². The molecule has 3 heterocycles. The van der Waals surface area contributed by atoms with Gasteiger partial charge in [-0.1, -0.05) is 0 Å². The number of aromatic nitrogens is 5. The van der Waals surface area contributed by atoms with Gasteiger partial charge in [0.1, 0.15) is 6.33 Å². The quantitative estimate of drug-likeness (QED) is 0.476. The number of alkyl halides is 4. The Labute approximate surface area is 159 Å². The molecule has 11 heteroatoms. The normalized spacial score (nSPS) is 12.9. The molecule has 0 saturated carbocycles. The first-order chi connectivity index (χ1) is 13.0. The first-order valence-electron chi connectivity index (χ1n) is 7.82. The van der Waals surface area contributed by atoms with Crippen molar-refractivity contribution in [1.82, 2.24) is 24.3 Å². The predicted octanol–water partition coefficient (Wildman–Crippen LogP) is 4.52. The zero-order valence-electron chi connectivity index (χ0n) is 13.7. The van der Waals surface area contributed by atoms with Gasteiger partial charge in [-0.25, -0.2) is 4.98 Å². The number of hydrogen-bond donors (Lipinski definition) is 0. The lowest BCUT2D eigenvalue weighted by molar-refractivity contribution is -0.130. The highest BCUT2D eigenvalue weighted by Crippen LogP contribution is 2.27. The minimum absolute atomic E-state index is 0.00935. The zero-order chi connectivity index (χ0) is 19.4. The lowest BCUT2D eigenvalue weighted by Crippen LogP contribution is -2.14. The van der Waals surface area contributed by atoms with E-state index in [1.54, 1.807) is 41.4 Å². The molecule has 0 saturated heterocycles. The molecule has 3 rings (SSSR count). The van der Waals surface area contributed by atoms with Gasteiger partial charge in [0.2, 0.25) is 0 Å². The predicted molar refractivity (Wildman–Crippen MR) is 91.4 cm³/mol. The maximum Gasteiger partial charge on any atom is 0.345 e. The number of hydrogen-bond acceptors (Lipinski definition) is 4. The van der Waals surface area contributed by atoms with E-state index < -0.39 is 19.2 Å². The SMILES string of the molecule is FC(F)OCCC(c1ccc(Br)cn1)n1ccc(-c2ncnn2C(F)F)c1. The van der Waals surface area contributed by atoms with E-state index in [1.807, 2.05) is 0 Å². The van der Waals surface area contributed by atoms with Crippen molar-refractivity contribution in [2.45, 2.75) is 25.6 Å². The van der Waals surface area contributed by atoms with Gasteiger partial charge in [-0.2, -0.15) is 27.3 Å². The van der Waals surface area contributed by atoms with Gasteiger partial charge in [-0.15, -0.1) is 0 Å². The lowest BCUT2D eigenvalue weighted by Gasteiger charge is -2.18. The van der Waals surface area contributed by atoms with Crippen molar-refractivity contribution >= 4 is 15.9 Å². The second kappa shape index (κ2) is 8.61. The molecule has 0 amide bonds. The van der Waals surface area contributed by atoms with Crippen LogP contribution in [0, 0.1) is 0 Å². The van der Waals surface area contributed by atoms with Crippen LogP contribution in [0.3, 0.4) is 0 Å². The fourth-order valence-corrected chi connectivity index (χ4v) is 2.88. The molecule has 0 fully saturated rings. The molecular weight excluding hydrogens is 434 g/mol. The van der Waals surface area contributed by atoms with E-state index in [4.69, 9.17) is 0 Å². The van der Waals surface area contributed by atoms with E-state index in [0.29, 0.717) is 15.9 Å². The third-order valence-electron chi connectivity index (χ3n) is 3.82. The molecule has 0 aliphatic rings. The van der Waals surface area contributed by atoms with Crippen LogP contribution in [0.15, 0.2) is 47.6 Å². The molecule has 6 nitrogen and oxygen atoms in total. The molecule has 0 N–H and O–H groups in total. The fraction of sp³-hybridized carbons (Fsp3) is 0.312. The molecule has 0 spiro atoms. The van der Waals surface area contributed by atoms with Crippen LogP contribution in [0.25, 0.3) is 11.4 Å². The second-order valence-corrected chi connectivity index (χ2v) is 6.41. The second-order valence-electron chi connectivity index (χ2n) is 5.49. The van der Waals surface area contributed by atoms with E-state index in [-0.39, 0.29) is 18.9 Å². The average molecular weight is 448 g/mol. The number of pyridine rings is 1. The Morgan fingerprint density at radius 3 is 2.59 bits per heavy atom. The van der Waals surface area contributed by atoms with Crippen molar-refractivity contribution in [3.05, 3.63) is 53.3 Å². The summed E-state index contributed by atoms with van der Waals surface area (Å²) in [5, 5.41) is 3.51. The van der Waals surface area contributed by atoms with Gasteiger partial charge in [-0.05, 0) is 40.5 Å². The van der Waals surface area contributed by atoms with Gasteiger partial charge in [0, 0.05) is 28.6 Å². The number of ether oxygens (including phenoxy) is 1. The highest BCUT2D eigenvalue weighted by atomic mass is 79.9. The van der Waals surface area contributed by atoms with Gasteiger partial charge in [0.15, 0.2) is 5.82 Å². The number of nitrogens with zero attached hydrogens (tertiary/aromatic N) is 5. The van der Waals surface area contributed by atoms with Gasteiger partial charge >= 0.3 is 13.2 Å². The minimum Gasteiger partial charge on any atom is -0.344 e. The largest absolute Gasteiger partial charge is 0.345 e. The molecule has 1 unspecified atom stereocenters. The molecule has 0 bridgehead atoms. The van der Waals surface area contributed by atoms with E-state index in [1.165, 1.54) is 0 Å². The maximum atomic E-state index is 13.0. The van der Waals surface area contributed by atoms with E-state index in [0.717, 1.165) is 10.8 Å². The average Bonchev–Trinajstić information content (AvgIpc) is 3.28. The van der Waals surface area contributed by atoms with Crippen molar-refractivity contribution in [3.63, 3.8) is 0 Å². The van der Waals surface area contributed by atoms with Crippen LogP contribution < -0.4 is 0 Å². The maximum absolute atomic E-state index is 13.0. The summed E-state index contributed by atoms with van der Waals surface area (Å²) in [6.45, 7) is -5.89. The Balaban J connectivity index is 1.89. The Bertz CT molecular complexity index is 868. The number of halogens is 5. The van der Waals surface area contributed by atoms with Crippen LogP contribution in [0.2, 0.25) is 0 Å². The molecule has 0 aromatic carbocycles. The standard InChI is InChI=1S/C16H14BrF4N5O/c17-11-1-2-12(22-7-11)13(4-6-27-16(20)21)25-5-3-10(8-25)14-23-9-24-26(14)15(18)19/h1-3,5,7-9,13,15-16H,4,6H2. The van der Waals surface area contributed by atoms with Crippen LogP contribution in [0.1, 0.15) is 24.7 Å². The Hall–Kier alpha value is -2.27. The van der Waals surface area contributed by atoms with E-state index in [2.05, 4.69) is 35.7 Å². The molecule has 3 aromatic heterocycles. The van der Waals surface area contributed by atoms with E-state index in [9.17, 15) is 17.6 Å². The third-order valence-corrected chi connectivity index (χ3v) is 4.29. The fourth-order valence-electron chi connectivity index (χ4n) is 2.64. The summed E-state index contributed by atoms with van der Waals surface area (Å²) in [5.74, 6) is 0.00935. The first-order valence-corrected chi connectivity index (χ1v) is 8.61. The smallest absolute Gasteiger partial charge is 0.344 e. The summed E-state index contributed by atoms with van der Waals surface area (Å²) < 4.78 is 58.0. The van der Waals surface area contributed by atoms with Gasteiger partial charge in [-0.3, -0.25) is 4.98 Å². The summed E-state index contributed by atoms with van der Waals surface area (Å²) in [6.07, 6.45) is 6.10. The van der Waals surface area contributed by atoms with Crippen LogP contribution >= 0.6 is 15.9 Å². The third kappa shape index (κ3) is 4.72. The van der Waals surface area contributed by atoms with Crippen LogP contribution in [0.5, 0.6) is 0 Å². The minimum atomic E-state index is -2.87. The molecule has 3 aromatic rings. The summed E-state index contributed by atoms with van der Waals surface area (Å²) in [6, 6.07) is 4.70. The monoisotopic (exact) mass is 447 g/mol. The first kappa shape index (κ1) is 19.5. The van der Waals surface area contributed by atoms with Crippen LogP contribution in [-0.2, 0) is 4.74 Å². The molecule has 27 heavy (non-hydrogen) atoms. The summed E-state index contributed by atoms with van der Waals surface area (Å²) in [5.41, 5.74) is 1.04. The lowest BCUT2D eigenvalue weighted by atomic mass is 10.1. The summed E-state index contributed by atoms with van der Waals surface area (Å²) in [7, 11) is 0. The Kier molecular flexibility index (Phi) is 6.22. The van der Waals surface area contributed by atoms with Crippen LogP contribution in [-0.4, -0.2) is 37.5 Å². The van der Waals surface area contributed by atoms with E-state index >= 15 is 0 Å². The highest BCUT2D eigenvalue weighted by Gasteiger charge is 2.20.